The third-order valence-electron chi connectivity index (χ3n) is 3.26. The maximum Gasteiger partial charge on any atom is 0.269 e. The first-order valence-electron chi connectivity index (χ1n) is 6.89. The monoisotopic (exact) mass is 311 g/mol. The maximum absolute atomic E-state index is 10.6. The molecule has 3 aromatic rings. The Balaban J connectivity index is 1.68. The molecule has 0 spiro atoms. The molecule has 0 fully saturated rings. The van der Waals surface area contributed by atoms with Crippen molar-refractivity contribution in [2.75, 3.05) is 0 Å². The molecule has 7 heteroatoms. The van der Waals surface area contributed by atoms with Crippen molar-refractivity contribution in [1.29, 1.82) is 0 Å². The Morgan fingerprint density at radius 2 is 1.91 bits per heavy atom. The van der Waals surface area contributed by atoms with Gasteiger partial charge in [-0.1, -0.05) is 23.4 Å². The molecule has 1 aromatic heterocycles. The first kappa shape index (κ1) is 14.7. The van der Waals surface area contributed by atoms with Crippen molar-refractivity contribution in [2.45, 2.75) is 13.5 Å². The highest BCUT2D eigenvalue weighted by atomic mass is 16.6. The Labute approximate surface area is 131 Å². The highest BCUT2D eigenvalue weighted by Gasteiger charge is 2.11. The fraction of sp³-hybridized carbons (Fsp3) is 0.125. The van der Waals surface area contributed by atoms with Crippen LogP contribution in [0.15, 0.2) is 53.1 Å². The normalized spacial score (nSPS) is 10.5. The number of rotatable bonds is 5. The summed E-state index contributed by atoms with van der Waals surface area (Å²) in [7, 11) is 0. The number of nitro benzene ring substituents is 1. The van der Waals surface area contributed by atoms with Gasteiger partial charge in [-0.2, -0.15) is 4.98 Å². The summed E-state index contributed by atoms with van der Waals surface area (Å²) >= 11 is 0. The van der Waals surface area contributed by atoms with Crippen LogP contribution in [0.4, 0.5) is 5.69 Å². The summed E-state index contributed by atoms with van der Waals surface area (Å²) in [6.45, 7) is 2.08. The van der Waals surface area contributed by atoms with Crippen LogP contribution in [0.25, 0.3) is 11.5 Å². The molecule has 0 amide bonds. The summed E-state index contributed by atoms with van der Waals surface area (Å²) in [5.74, 6) is 1.34. The molecule has 0 bridgehead atoms. The van der Waals surface area contributed by atoms with Crippen LogP contribution in [-0.4, -0.2) is 15.1 Å². The average molecular weight is 311 g/mol. The molecule has 0 atom stereocenters. The van der Waals surface area contributed by atoms with E-state index in [9.17, 15) is 10.1 Å². The van der Waals surface area contributed by atoms with Gasteiger partial charge in [-0.15, -0.1) is 0 Å². The smallest absolute Gasteiger partial charge is 0.269 e. The van der Waals surface area contributed by atoms with Crippen molar-refractivity contribution in [3.05, 3.63) is 70.0 Å². The summed E-state index contributed by atoms with van der Waals surface area (Å²) < 4.78 is 10.7. The molecular formula is C16H13N3O4. The number of nitrogens with zero attached hydrogens (tertiary/aromatic N) is 3. The highest BCUT2D eigenvalue weighted by molar-refractivity contribution is 5.57. The van der Waals surface area contributed by atoms with Gasteiger partial charge in [-0.25, -0.2) is 0 Å². The molecule has 0 aliphatic heterocycles. The number of aryl methyl sites for hydroxylation is 1. The number of non-ortho nitro benzene ring substituents is 1. The van der Waals surface area contributed by atoms with E-state index in [1.165, 1.54) is 24.3 Å². The zero-order chi connectivity index (χ0) is 16.2. The lowest BCUT2D eigenvalue weighted by Gasteiger charge is -2.02. The van der Waals surface area contributed by atoms with Crippen LogP contribution in [0.5, 0.6) is 5.75 Å². The second kappa shape index (κ2) is 6.27. The average Bonchev–Trinajstić information content (AvgIpc) is 3.02. The number of ether oxygens (including phenoxy) is 1. The molecule has 0 radical (unpaired) electrons. The third kappa shape index (κ3) is 3.34. The summed E-state index contributed by atoms with van der Waals surface area (Å²) in [4.78, 5) is 14.4. The zero-order valence-corrected chi connectivity index (χ0v) is 12.3. The Morgan fingerprint density at radius 3 is 2.61 bits per heavy atom. The molecule has 0 saturated carbocycles. The van der Waals surface area contributed by atoms with E-state index in [4.69, 9.17) is 9.26 Å². The standard InChI is InChI=1S/C16H13N3O4/c1-11-4-2-3-5-14(11)16-17-15(18-23-16)10-22-13-8-6-12(7-9-13)19(20)21/h2-9H,10H2,1H3. The van der Waals surface area contributed by atoms with E-state index >= 15 is 0 Å². The molecule has 0 unspecified atom stereocenters. The van der Waals surface area contributed by atoms with Crippen LogP contribution in [0.1, 0.15) is 11.4 Å². The second-order valence-corrected chi connectivity index (χ2v) is 4.87. The van der Waals surface area contributed by atoms with Gasteiger partial charge in [0.2, 0.25) is 5.82 Å². The third-order valence-corrected chi connectivity index (χ3v) is 3.26. The molecule has 1 heterocycles. The number of hydrogen-bond donors (Lipinski definition) is 0. The van der Waals surface area contributed by atoms with E-state index in [2.05, 4.69) is 10.1 Å². The van der Waals surface area contributed by atoms with Crippen LogP contribution in [-0.2, 0) is 6.61 Å². The Kier molecular flexibility index (Phi) is 4.01. The Hall–Kier alpha value is -3.22. The molecule has 116 valence electrons. The molecular weight excluding hydrogens is 298 g/mol. The first-order chi connectivity index (χ1) is 11.1. The van der Waals surface area contributed by atoms with Crippen molar-refractivity contribution in [2.24, 2.45) is 0 Å². The minimum atomic E-state index is -0.461. The molecule has 23 heavy (non-hydrogen) atoms. The predicted octanol–water partition coefficient (Wildman–Crippen LogP) is 3.53. The van der Waals surface area contributed by atoms with Crippen LogP contribution < -0.4 is 4.74 Å². The van der Waals surface area contributed by atoms with Gasteiger partial charge in [0, 0.05) is 17.7 Å². The van der Waals surface area contributed by atoms with Crippen molar-refractivity contribution in [1.82, 2.24) is 10.1 Å². The fourth-order valence-corrected chi connectivity index (χ4v) is 2.05. The van der Waals surface area contributed by atoms with Crippen molar-refractivity contribution in [3.8, 4) is 17.2 Å². The molecule has 7 nitrogen and oxygen atoms in total. The van der Waals surface area contributed by atoms with E-state index in [-0.39, 0.29) is 12.3 Å². The molecule has 0 saturated heterocycles. The largest absolute Gasteiger partial charge is 0.485 e. The lowest BCUT2D eigenvalue weighted by Crippen LogP contribution is -1.97. The van der Waals surface area contributed by atoms with Gasteiger partial charge in [-0.3, -0.25) is 10.1 Å². The zero-order valence-electron chi connectivity index (χ0n) is 12.3. The second-order valence-electron chi connectivity index (χ2n) is 4.87. The van der Waals surface area contributed by atoms with Crippen LogP contribution in [0.3, 0.4) is 0 Å². The number of benzene rings is 2. The van der Waals surface area contributed by atoms with E-state index in [1.54, 1.807) is 0 Å². The Bertz CT molecular complexity index is 827. The van der Waals surface area contributed by atoms with Crippen molar-refractivity contribution < 1.29 is 14.2 Å². The maximum atomic E-state index is 10.6. The van der Waals surface area contributed by atoms with E-state index in [1.807, 2.05) is 31.2 Å². The van der Waals surface area contributed by atoms with Crippen LogP contribution in [0.2, 0.25) is 0 Å². The lowest BCUT2D eigenvalue weighted by molar-refractivity contribution is -0.384. The SMILES string of the molecule is Cc1ccccc1-c1nc(COc2ccc([N+](=O)[O-])cc2)no1. The number of hydrogen-bond acceptors (Lipinski definition) is 6. The van der Waals surface area contributed by atoms with Gasteiger partial charge < -0.3 is 9.26 Å². The van der Waals surface area contributed by atoms with Crippen LogP contribution in [0, 0.1) is 17.0 Å². The van der Waals surface area contributed by atoms with Gasteiger partial charge >= 0.3 is 0 Å². The quantitative estimate of drug-likeness (QED) is 0.528. The number of nitro groups is 1. The van der Waals surface area contributed by atoms with E-state index < -0.39 is 4.92 Å². The molecule has 3 rings (SSSR count). The summed E-state index contributed by atoms with van der Waals surface area (Å²) in [5, 5.41) is 14.5. The van der Waals surface area contributed by atoms with Crippen LogP contribution >= 0.6 is 0 Å². The minimum absolute atomic E-state index is 0.0127. The first-order valence-corrected chi connectivity index (χ1v) is 6.89. The van der Waals surface area contributed by atoms with Gasteiger partial charge in [-0.05, 0) is 30.7 Å². The molecule has 2 aromatic carbocycles. The number of aromatic nitrogens is 2. The summed E-state index contributed by atoms with van der Waals surface area (Å²) in [6, 6.07) is 13.5. The van der Waals surface area contributed by atoms with Gasteiger partial charge in [0.15, 0.2) is 6.61 Å². The molecule has 0 N–H and O–H groups in total. The Morgan fingerprint density at radius 1 is 1.17 bits per heavy atom. The van der Waals surface area contributed by atoms with E-state index in [0.717, 1.165) is 11.1 Å². The molecule has 0 aliphatic rings. The molecule has 0 aliphatic carbocycles. The summed E-state index contributed by atoms with van der Waals surface area (Å²) in [6.07, 6.45) is 0. The summed E-state index contributed by atoms with van der Waals surface area (Å²) in [5.41, 5.74) is 1.93. The van der Waals surface area contributed by atoms with Gasteiger partial charge in [0.05, 0.1) is 4.92 Å². The highest BCUT2D eigenvalue weighted by Crippen LogP contribution is 2.22. The van der Waals surface area contributed by atoms with Gasteiger partial charge in [0.25, 0.3) is 11.6 Å². The lowest BCUT2D eigenvalue weighted by atomic mass is 10.1. The van der Waals surface area contributed by atoms with E-state index in [0.29, 0.717) is 17.5 Å². The van der Waals surface area contributed by atoms with Gasteiger partial charge in [0.1, 0.15) is 5.75 Å². The minimum Gasteiger partial charge on any atom is -0.485 e. The topological polar surface area (TPSA) is 91.3 Å². The van der Waals surface area contributed by atoms with Crippen molar-refractivity contribution in [3.63, 3.8) is 0 Å². The fourth-order valence-electron chi connectivity index (χ4n) is 2.05. The predicted molar refractivity (Wildman–Crippen MR) is 81.9 cm³/mol. The van der Waals surface area contributed by atoms with Crippen molar-refractivity contribution >= 4 is 5.69 Å².